The second-order valence-corrected chi connectivity index (χ2v) is 8.64. The zero-order chi connectivity index (χ0) is 8.91. The first-order valence-corrected chi connectivity index (χ1v) is 7.43. The van der Waals surface area contributed by atoms with Crippen LogP contribution in [-0.4, -0.2) is 24.1 Å². The maximum absolute atomic E-state index is 2.45. The molecule has 0 nitrogen and oxygen atoms in total. The first-order valence-electron chi connectivity index (χ1n) is 5.02. The molecule has 1 heteroatoms. The van der Waals surface area contributed by atoms with E-state index >= 15 is 0 Å². The summed E-state index contributed by atoms with van der Waals surface area (Å²) in [5, 5.41) is 0. The topological polar surface area (TPSA) is 0 Å². The van der Waals surface area contributed by atoms with Gasteiger partial charge in [0, 0.05) is 7.26 Å². The molecule has 0 amide bonds. The predicted octanol–water partition coefficient (Wildman–Crippen LogP) is 3.86. The van der Waals surface area contributed by atoms with Gasteiger partial charge in [0.05, 0.1) is 24.1 Å². The monoisotopic (exact) mass is 175 g/mol. The first-order chi connectivity index (χ1) is 5.16. The molecule has 0 saturated carbocycles. The van der Waals surface area contributed by atoms with Crippen molar-refractivity contribution in [1.29, 1.82) is 0 Å². The summed E-state index contributed by atoms with van der Waals surface area (Å²) in [5.41, 5.74) is 1.00. The smallest absolute Gasteiger partial charge is 0.0617 e. The summed E-state index contributed by atoms with van der Waals surface area (Å²) in [7, 11) is -0.530. The van der Waals surface area contributed by atoms with Crippen molar-refractivity contribution >= 4 is 7.26 Å². The Balaban J connectivity index is 4.26. The lowest BCUT2D eigenvalue weighted by Crippen LogP contribution is -2.15. The number of hydrogen-bond acceptors (Lipinski definition) is 0. The van der Waals surface area contributed by atoms with Crippen LogP contribution in [0.3, 0.4) is 0 Å². The second kappa shape index (κ2) is 5.14. The quantitative estimate of drug-likeness (QED) is 0.556. The molecule has 0 spiro atoms. The highest BCUT2D eigenvalue weighted by atomic mass is 31.2. The summed E-state index contributed by atoms with van der Waals surface area (Å²) < 4.78 is 0. The van der Waals surface area contributed by atoms with Gasteiger partial charge in [0.25, 0.3) is 0 Å². The van der Waals surface area contributed by atoms with Crippen molar-refractivity contribution in [1.82, 2.24) is 0 Å². The molecule has 0 aliphatic carbocycles. The Kier molecular flexibility index (Phi) is 5.34. The van der Waals surface area contributed by atoms with Crippen molar-refractivity contribution in [2.75, 3.05) is 18.5 Å². The minimum Gasteiger partial charge on any atom is -0.0617 e. The molecular formula is C10H24P+. The maximum Gasteiger partial charge on any atom is 0.0666 e. The fourth-order valence-corrected chi connectivity index (χ4v) is 5.98. The van der Waals surface area contributed by atoms with Gasteiger partial charge in [-0.05, 0) is 34.1 Å². The Hall–Kier alpha value is 0.430. The van der Waals surface area contributed by atoms with E-state index in [4.69, 9.17) is 0 Å². The molecule has 0 aromatic rings. The van der Waals surface area contributed by atoms with E-state index in [0.717, 1.165) is 5.66 Å². The third-order valence-electron chi connectivity index (χ3n) is 3.42. The average molecular weight is 175 g/mol. The molecule has 0 rings (SSSR count). The summed E-state index contributed by atoms with van der Waals surface area (Å²) in [4.78, 5) is 0. The zero-order valence-corrected chi connectivity index (χ0v) is 9.75. The predicted molar refractivity (Wildman–Crippen MR) is 58.3 cm³/mol. The minimum atomic E-state index is -0.530. The van der Waals surface area contributed by atoms with Crippen LogP contribution < -0.4 is 0 Å². The molecule has 0 aliphatic rings. The van der Waals surface area contributed by atoms with Gasteiger partial charge >= 0.3 is 0 Å². The third-order valence-corrected chi connectivity index (χ3v) is 9.43. The van der Waals surface area contributed by atoms with Crippen LogP contribution in [0.15, 0.2) is 0 Å². The van der Waals surface area contributed by atoms with Gasteiger partial charge in [-0.1, -0.05) is 6.92 Å². The molecule has 68 valence electrons. The first kappa shape index (κ1) is 11.4. The Morgan fingerprint density at radius 2 is 1.27 bits per heavy atom. The van der Waals surface area contributed by atoms with Crippen LogP contribution in [-0.2, 0) is 0 Å². The van der Waals surface area contributed by atoms with Crippen LogP contribution in [0, 0.1) is 0 Å². The van der Waals surface area contributed by atoms with Gasteiger partial charge in [0.2, 0.25) is 0 Å². The van der Waals surface area contributed by atoms with Gasteiger partial charge in [0.15, 0.2) is 0 Å². The van der Waals surface area contributed by atoms with Crippen LogP contribution in [0.4, 0.5) is 0 Å². The van der Waals surface area contributed by atoms with Crippen LogP contribution in [0.5, 0.6) is 0 Å². The lowest BCUT2D eigenvalue weighted by atomic mass is 10.4. The van der Waals surface area contributed by atoms with Gasteiger partial charge in [-0.3, -0.25) is 0 Å². The maximum atomic E-state index is 2.45. The van der Waals surface area contributed by atoms with E-state index in [9.17, 15) is 0 Å². The van der Waals surface area contributed by atoms with E-state index in [0.29, 0.717) is 0 Å². The van der Waals surface area contributed by atoms with Crippen LogP contribution in [0.25, 0.3) is 0 Å². The fraction of sp³-hybridized carbons (Fsp3) is 1.00. The SMILES string of the molecule is CCC(C)[P+](CC)(CC)CC. The zero-order valence-electron chi connectivity index (χ0n) is 8.85. The fourth-order valence-electron chi connectivity index (χ4n) is 1.99. The lowest BCUT2D eigenvalue weighted by molar-refractivity contribution is 0.870. The molecule has 11 heavy (non-hydrogen) atoms. The minimum absolute atomic E-state index is 0.530. The second-order valence-electron chi connectivity index (χ2n) is 3.42. The summed E-state index contributed by atoms with van der Waals surface area (Å²) >= 11 is 0. The summed E-state index contributed by atoms with van der Waals surface area (Å²) in [6, 6.07) is 0. The third kappa shape index (κ3) is 2.44. The van der Waals surface area contributed by atoms with Crippen molar-refractivity contribution in [3.05, 3.63) is 0 Å². The Labute approximate surface area is 73.1 Å². The largest absolute Gasteiger partial charge is 0.0666 e. The standard InChI is InChI=1S/C10H24P/c1-6-10(5)11(7-2,8-3)9-4/h10H,6-9H2,1-5H3/q+1. The van der Waals surface area contributed by atoms with Crippen molar-refractivity contribution in [2.24, 2.45) is 0 Å². The summed E-state index contributed by atoms with van der Waals surface area (Å²) in [6.07, 6.45) is 5.74. The molecule has 0 aliphatic heterocycles. The molecule has 0 N–H and O–H groups in total. The van der Waals surface area contributed by atoms with E-state index in [1.54, 1.807) is 0 Å². The average Bonchev–Trinajstić information content (AvgIpc) is 2.08. The van der Waals surface area contributed by atoms with Gasteiger partial charge in [0.1, 0.15) is 0 Å². The summed E-state index contributed by atoms with van der Waals surface area (Å²) in [6.45, 7) is 11.9. The van der Waals surface area contributed by atoms with E-state index in [1.807, 2.05) is 0 Å². The van der Waals surface area contributed by atoms with Gasteiger partial charge in [-0.2, -0.15) is 0 Å². The molecule has 0 fully saturated rings. The molecule has 0 bridgehead atoms. The normalized spacial score (nSPS) is 15.0. The van der Waals surface area contributed by atoms with Crippen LogP contribution in [0.2, 0.25) is 0 Å². The molecule has 0 heterocycles. The molecule has 1 unspecified atom stereocenters. The van der Waals surface area contributed by atoms with E-state index in [2.05, 4.69) is 34.6 Å². The molecule has 0 saturated heterocycles. The molecule has 1 atom stereocenters. The highest BCUT2D eigenvalue weighted by Crippen LogP contribution is 2.62. The van der Waals surface area contributed by atoms with Crippen molar-refractivity contribution < 1.29 is 0 Å². The van der Waals surface area contributed by atoms with E-state index < -0.39 is 7.26 Å². The van der Waals surface area contributed by atoms with Crippen molar-refractivity contribution in [2.45, 2.75) is 46.7 Å². The highest BCUT2D eigenvalue weighted by Gasteiger charge is 2.36. The molecule has 0 radical (unpaired) electrons. The molecule has 0 aromatic heterocycles. The number of hydrogen-bond donors (Lipinski definition) is 0. The van der Waals surface area contributed by atoms with Crippen LogP contribution in [0.1, 0.15) is 41.0 Å². The Morgan fingerprint density at radius 3 is 1.36 bits per heavy atom. The van der Waals surface area contributed by atoms with Gasteiger partial charge in [-0.25, -0.2) is 0 Å². The number of rotatable bonds is 5. The highest BCUT2D eigenvalue weighted by molar-refractivity contribution is 7.76. The van der Waals surface area contributed by atoms with Crippen LogP contribution >= 0.6 is 7.26 Å². The van der Waals surface area contributed by atoms with Gasteiger partial charge in [-0.15, -0.1) is 0 Å². The van der Waals surface area contributed by atoms with Crippen molar-refractivity contribution in [3.8, 4) is 0 Å². The molecular weight excluding hydrogens is 151 g/mol. The Bertz CT molecular complexity index is 86.8. The van der Waals surface area contributed by atoms with Crippen molar-refractivity contribution in [3.63, 3.8) is 0 Å². The molecule has 0 aromatic carbocycles. The summed E-state index contributed by atoms with van der Waals surface area (Å²) in [5.74, 6) is 0. The Morgan fingerprint density at radius 1 is 0.909 bits per heavy atom. The lowest BCUT2D eigenvalue weighted by Gasteiger charge is -2.29. The van der Waals surface area contributed by atoms with E-state index in [1.165, 1.54) is 24.9 Å². The van der Waals surface area contributed by atoms with Gasteiger partial charge < -0.3 is 0 Å². The van der Waals surface area contributed by atoms with E-state index in [-0.39, 0.29) is 0 Å².